The van der Waals surface area contributed by atoms with Crippen LogP contribution in [0, 0.1) is 5.92 Å². The van der Waals surface area contributed by atoms with Gasteiger partial charge in [-0.15, -0.1) is 0 Å². The average molecular weight is 416 g/mol. The summed E-state index contributed by atoms with van der Waals surface area (Å²) in [6.45, 7) is 7.61. The van der Waals surface area contributed by atoms with Crippen molar-refractivity contribution in [3.05, 3.63) is 54.1 Å². The maximum Gasteiger partial charge on any atom is 0.263 e. The lowest BCUT2D eigenvalue weighted by molar-refractivity contribution is -0.118. The van der Waals surface area contributed by atoms with Crippen LogP contribution >= 0.6 is 0 Å². The minimum Gasteiger partial charge on any atom is -0.491 e. The number of carbonyl (C=O) groups excluding carboxylic acids is 1. The fourth-order valence-electron chi connectivity index (χ4n) is 2.98. The Labute approximate surface area is 171 Å². The van der Waals surface area contributed by atoms with Crippen molar-refractivity contribution in [2.45, 2.75) is 44.7 Å². The molecule has 0 saturated heterocycles. The van der Waals surface area contributed by atoms with E-state index in [1.165, 1.54) is 6.07 Å². The van der Waals surface area contributed by atoms with E-state index in [4.69, 9.17) is 4.74 Å². The van der Waals surface area contributed by atoms with Gasteiger partial charge in [-0.2, -0.15) is 0 Å². The van der Waals surface area contributed by atoms with Crippen LogP contribution in [0.4, 0.5) is 5.69 Å². The molecule has 2 N–H and O–H groups in total. The maximum atomic E-state index is 12.9. The molecule has 0 saturated carbocycles. The van der Waals surface area contributed by atoms with Gasteiger partial charge in [-0.1, -0.05) is 26.0 Å². The Hall–Kier alpha value is -2.87. The summed E-state index contributed by atoms with van der Waals surface area (Å²) >= 11 is 0. The zero-order chi connectivity index (χ0) is 21.2. The predicted molar refractivity (Wildman–Crippen MR) is 113 cm³/mol. The molecule has 1 atom stereocenters. The standard InChI is InChI=1S/C21H25N3O4S/c1-13(2)19(21(25)22-15-9-11-16(12-10-15)28-14(3)4)23-20-17-7-5-6-8-18(17)29(26,27)24-20/h5-14,19H,1-4H3,(H,22,25)(H,23,24)/t19-/m0/s1. The van der Waals surface area contributed by atoms with Crippen LogP contribution in [0.5, 0.6) is 5.75 Å². The zero-order valence-corrected chi connectivity index (χ0v) is 17.7. The molecule has 2 aromatic rings. The summed E-state index contributed by atoms with van der Waals surface area (Å²) in [4.78, 5) is 17.5. The van der Waals surface area contributed by atoms with Gasteiger partial charge in [0.2, 0.25) is 5.91 Å². The van der Waals surface area contributed by atoms with E-state index in [0.717, 1.165) is 5.75 Å². The molecule has 0 fully saturated rings. The SMILES string of the molecule is CC(C)Oc1ccc(NC(=O)[C@@H](N=C2NS(=O)(=O)c3ccccc32)C(C)C)cc1. The van der Waals surface area contributed by atoms with Crippen LogP contribution in [-0.4, -0.2) is 32.3 Å². The van der Waals surface area contributed by atoms with Crippen molar-refractivity contribution >= 4 is 27.5 Å². The Morgan fingerprint density at radius 1 is 1.03 bits per heavy atom. The van der Waals surface area contributed by atoms with Crippen molar-refractivity contribution in [2.75, 3.05) is 5.32 Å². The maximum absolute atomic E-state index is 12.9. The smallest absolute Gasteiger partial charge is 0.263 e. The normalized spacial score (nSPS) is 17.1. The summed E-state index contributed by atoms with van der Waals surface area (Å²) in [5, 5.41) is 2.84. The molecule has 0 bridgehead atoms. The van der Waals surface area contributed by atoms with Gasteiger partial charge in [-0.05, 0) is 56.2 Å². The molecule has 3 rings (SSSR count). The number of anilines is 1. The molecule has 1 heterocycles. The van der Waals surface area contributed by atoms with Crippen LogP contribution in [0.25, 0.3) is 0 Å². The van der Waals surface area contributed by atoms with Crippen molar-refractivity contribution in [3.8, 4) is 5.75 Å². The first kappa shape index (κ1) is 20.9. The Morgan fingerprint density at radius 2 is 1.69 bits per heavy atom. The van der Waals surface area contributed by atoms with Gasteiger partial charge >= 0.3 is 0 Å². The van der Waals surface area contributed by atoms with Crippen LogP contribution in [0.15, 0.2) is 58.4 Å². The van der Waals surface area contributed by atoms with Crippen LogP contribution in [0.2, 0.25) is 0 Å². The number of fused-ring (bicyclic) bond motifs is 1. The third kappa shape index (κ3) is 4.76. The number of rotatable bonds is 6. The molecule has 29 heavy (non-hydrogen) atoms. The minimum absolute atomic E-state index is 0.0645. The van der Waals surface area contributed by atoms with E-state index in [1.54, 1.807) is 42.5 Å². The van der Waals surface area contributed by atoms with E-state index in [1.807, 2.05) is 27.7 Å². The molecule has 0 unspecified atom stereocenters. The largest absolute Gasteiger partial charge is 0.491 e. The van der Waals surface area contributed by atoms with Crippen LogP contribution in [-0.2, 0) is 14.8 Å². The van der Waals surface area contributed by atoms with Crippen LogP contribution < -0.4 is 14.8 Å². The molecule has 0 spiro atoms. The Morgan fingerprint density at radius 3 is 2.31 bits per heavy atom. The second-order valence-electron chi connectivity index (χ2n) is 7.45. The van der Waals surface area contributed by atoms with E-state index >= 15 is 0 Å². The molecule has 0 radical (unpaired) electrons. The van der Waals surface area contributed by atoms with Crippen LogP contribution in [0.3, 0.4) is 0 Å². The summed E-state index contributed by atoms with van der Waals surface area (Å²) in [6, 6.07) is 12.9. The third-order valence-electron chi connectivity index (χ3n) is 4.32. The van der Waals surface area contributed by atoms with Crippen molar-refractivity contribution < 1.29 is 17.9 Å². The molecule has 1 amide bonds. The monoisotopic (exact) mass is 415 g/mol. The van der Waals surface area contributed by atoms with Crippen molar-refractivity contribution in [1.82, 2.24) is 4.72 Å². The lowest BCUT2D eigenvalue weighted by Gasteiger charge is -2.17. The van der Waals surface area contributed by atoms with Crippen molar-refractivity contribution in [2.24, 2.45) is 10.9 Å². The second kappa shape index (κ2) is 8.24. The lowest BCUT2D eigenvalue weighted by atomic mass is 10.0. The quantitative estimate of drug-likeness (QED) is 0.757. The van der Waals surface area contributed by atoms with Gasteiger partial charge in [-0.3, -0.25) is 14.5 Å². The number of ether oxygens (including phenoxy) is 1. The zero-order valence-electron chi connectivity index (χ0n) is 16.8. The minimum atomic E-state index is -3.65. The van der Waals surface area contributed by atoms with Crippen molar-refractivity contribution in [3.63, 3.8) is 0 Å². The van der Waals surface area contributed by atoms with E-state index in [0.29, 0.717) is 11.3 Å². The molecular weight excluding hydrogens is 390 g/mol. The lowest BCUT2D eigenvalue weighted by Crippen LogP contribution is -2.34. The predicted octanol–water partition coefficient (Wildman–Crippen LogP) is 3.18. The highest BCUT2D eigenvalue weighted by Crippen LogP contribution is 2.24. The number of nitrogens with zero attached hydrogens (tertiary/aromatic N) is 1. The molecule has 1 aliphatic rings. The number of hydrogen-bond donors (Lipinski definition) is 2. The molecule has 7 nitrogen and oxygen atoms in total. The summed E-state index contributed by atoms with van der Waals surface area (Å²) in [5.74, 6) is 0.461. The van der Waals surface area contributed by atoms with Gasteiger partial charge in [0.05, 0.1) is 11.0 Å². The fourth-order valence-corrected chi connectivity index (χ4v) is 4.22. The topological polar surface area (TPSA) is 96.9 Å². The third-order valence-corrected chi connectivity index (χ3v) is 5.72. The molecule has 154 valence electrons. The average Bonchev–Trinajstić information content (AvgIpc) is 2.91. The number of nitrogens with one attached hydrogen (secondary N) is 2. The first-order valence-electron chi connectivity index (χ1n) is 9.45. The summed E-state index contributed by atoms with van der Waals surface area (Å²) < 4.78 is 32.6. The number of carbonyl (C=O) groups is 1. The van der Waals surface area contributed by atoms with Gasteiger partial charge in [0, 0.05) is 11.3 Å². The summed E-state index contributed by atoms with van der Waals surface area (Å²) in [6.07, 6.45) is 0.0645. The van der Waals surface area contributed by atoms with Gasteiger partial charge in [0.1, 0.15) is 17.6 Å². The Balaban J connectivity index is 1.82. The van der Waals surface area contributed by atoms with Gasteiger partial charge < -0.3 is 10.1 Å². The molecule has 8 heteroatoms. The first-order chi connectivity index (χ1) is 13.7. The van der Waals surface area contributed by atoms with Gasteiger partial charge in [0.25, 0.3) is 10.0 Å². The van der Waals surface area contributed by atoms with Gasteiger partial charge in [0.15, 0.2) is 0 Å². The highest BCUT2D eigenvalue weighted by molar-refractivity contribution is 7.90. The highest BCUT2D eigenvalue weighted by atomic mass is 32.2. The van der Waals surface area contributed by atoms with Gasteiger partial charge in [-0.25, -0.2) is 8.42 Å². The second-order valence-corrected chi connectivity index (χ2v) is 9.10. The first-order valence-corrected chi connectivity index (χ1v) is 10.9. The molecule has 1 aliphatic heterocycles. The number of sulfonamides is 1. The van der Waals surface area contributed by atoms with Crippen LogP contribution in [0.1, 0.15) is 33.3 Å². The molecular formula is C21H25N3O4S. The Bertz CT molecular complexity index is 1030. The molecule has 0 aromatic heterocycles. The fraction of sp³-hybridized carbons (Fsp3) is 0.333. The highest BCUT2D eigenvalue weighted by Gasteiger charge is 2.32. The van der Waals surface area contributed by atoms with Crippen molar-refractivity contribution in [1.29, 1.82) is 0 Å². The molecule has 0 aliphatic carbocycles. The molecule has 2 aromatic carbocycles. The number of benzene rings is 2. The number of aliphatic imine (C=N–C) groups is 1. The number of amides is 1. The summed E-state index contributed by atoms with van der Waals surface area (Å²) in [5.41, 5.74) is 1.09. The van der Waals surface area contributed by atoms with E-state index < -0.39 is 16.1 Å². The number of hydrogen-bond acceptors (Lipinski definition) is 5. The summed E-state index contributed by atoms with van der Waals surface area (Å²) in [7, 11) is -3.65. The number of amidine groups is 1. The van der Waals surface area contributed by atoms with E-state index in [-0.39, 0.29) is 28.7 Å². The van der Waals surface area contributed by atoms with E-state index in [9.17, 15) is 13.2 Å². The van der Waals surface area contributed by atoms with E-state index in [2.05, 4.69) is 15.0 Å². The Kier molecular flexibility index (Phi) is 5.93.